The lowest BCUT2D eigenvalue weighted by Crippen LogP contribution is -1.89. The number of alkyl halides is 1. The molecule has 1 heterocycles. The molecule has 0 radical (unpaired) electrons. The second-order valence-corrected chi connectivity index (χ2v) is 3.99. The van der Waals surface area contributed by atoms with Gasteiger partial charge >= 0.3 is 0 Å². The summed E-state index contributed by atoms with van der Waals surface area (Å²) < 4.78 is 18.5. The Hall–Kier alpha value is -1.32. The molecular formula is C12H8Cl2FNO. The number of hydrogen-bond donors (Lipinski definition) is 0. The first-order valence-corrected chi connectivity index (χ1v) is 5.74. The molecule has 2 nitrogen and oxygen atoms in total. The summed E-state index contributed by atoms with van der Waals surface area (Å²) in [5.41, 5.74) is 0.890. The molecule has 88 valence electrons. The summed E-state index contributed by atoms with van der Waals surface area (Å²) in [7, 11) is 0. The van der Waals surface area contributed by atoms with Crippen molar-refractivity contribution in [1.29, 1.82) is 0 Å². The molecule has 17 heavy (non-hydrogen) atoms. The lowest BCUT2D eigenvalue weighted by molar-refractivity contribution is 0.458. The predicted octanol–water partition coefficient (Wildman–Crippen LogP) is 4.41. The Morgan fingerprint density at radius 2 is 2.06 bits per heavy atom. The summed E-state index contributed by atoms with van der Waals surface area (Å²) in [5, 5.41) is 0.0581. The molecule has 1 aromatic heterocycles. The Bertz CT molecular complexity index is 516. The maximum Gasteiger partial charge on any atom is 0.219 e. The average Bonchev–Trinajstić information content (AvgIpc) is 2.35. The molecule has 0 aliphatic rings. The van der Waals surface area contributed by atoms with E-state index in [2.05, 4.69) is 4.98 Å². The van der Waals surface area contributed by atoms with Crippen molar-refractivity contribution in [2.24, 2.45) is 0 Å². The van der Waals surface area contributed by atoms with Crippen LogP contribution in [-0.2, 0) is 5.88 Å². The third-order valence-electron chi connectivity index (χ3n) is 2.07. The highest BCUT2D eigenvalue weighted by Gasteiger charge is 2.03. The summed E-state index contributed by atoms with van der Waals surface area (Å²) in [5.74, 6) is 0.586. The first-order chi connectivity index (χ1) is 8.19. The second kappa shape index (κ2) is 5.34. The Morgan fingerprint density at radius 1 is 1.24 bits per heavy atom. The lowest BCUT2D eigenvalue weighted by Gasteiger charge is -2.05. The Labute approximate surface area is 108 Å². The normalized spacial score (nSPS) is 10.3. The molecule has 0 spiro atoms. The molecular weight excluding hydrogens is 264 g/mol. The van der Waals surface area contributed by atoms with Crippen LogP contribution in [-0.4, -0.2) is 4.98 Å². The van der Waals surface area contributed by atoms with E-state index in [0.29, 0.717) is 17.5 Å². The van der Waals surface area contributed by atoms with E-state index in [1.165, 1.54) is 12.1 Å². The number of ether oxygens (including phenoxy) is 1. The van der Waals surface area contributed by atoms with Crippen LogP contribution < -0.4 is 4.74 Å². The molecule has 0 aliphatic carbocycles. The van der Waals surface area contributed by atoms with Crippen molar-refractivity contribution >= 4 is 23.2 Å². The monoisotopic (exact) mass is 271 g/mol. The zero-order valence-corrected chi connectivity index (χ0v) is 10.2. The van der Waals surface area contributed by atoms with Gasteiger partial charge in [-0.15, -0.1) is 11.6 Å². The van der Waals surface area contributed by atoms with Gasteiger partial charge in [-0.05, 0) is 17.7 Å². The Balaban J connectivity index is 2.16. The molecule has 0 atom stereocenters. The summed E-state index contributed by atoms with van der Waals surface area (Å²) in [6.07, 6.45) is 1.61. The van der Waals surface area contributed by atoms with Crippen molar-refractivity contribution in [1.82, 2.24) is 4.98 Å². The van der Waals surface area contributed by atoms with Crippen LogP contribution in [0.2, 0.25) is 5.02 Å². The zero-order valence-electron chi connectivity index (χ0n) is 8.66. The summed E-state index contributed by atoms with van der Waals surface area (Å²) in [6, 6.07) is 7.67. The third-order valence-corrected chi connectivity index (χ3v) is 2.68. The van der Waals surface area contributed by atoms with E-state index in [4.69, 9.17) is 27.9 Å². The van der Waals surface area contributed by atoms with E-state index < -0.39 is 5.82 Å². The van der Waals surface area contributed by atoms with Gasteiger partial charge < -0.3 is 4.74 Å². The van der Waals surface area contributed by atoms with Gasteiger partial charge in [0.25, 0.3) is 0 Å². The first-order valence-electron chi connectivity index (χ1n) is 4.83. The summed E-state index contributed by atoms with van der Waals surface area (Å²) >= 11 is 11.2. The fourth-order valence-electron chi connectivity index (χ4n) is 1.21. The highest BCUT2D eigenvalue weighted by Crippen LogP contribution is 2.24. The number of rotatable bonds is 3. The molecule has 0 aliphatic heterocycles. The minimum atomic E-state index is -0.526. The highest BCUT2D eigenvalue weighted by atomic mass is 35.5. The second-order valence-electron chi connectivity index (χ2n) is 3.32. The number of hydrogen-bond acceptors (Lipinski definition) is 2. The number of benzene rings is 1. The molecule has 5 heteroatoms. The van der Waals surface area contributed by atoms with Crippen LogP contribution in [0.1, 0.15) is 5.56 Å². The van der Waals surface area contributed by atoms with Crippen LogP contribution in [0.4, 0.5) is 4.39 Å². The molecule has 2 rings (SSSR count). The minimum Gasteiger partial charge on any atom is -0.439 e. The fraction of sp³-hybridized carbons (Fsp3) is 0.0833. The molecule has 0 amide bonds. The molecule has 0 saturated carbocycles. The largest absolute Gasteiger partial charge is 0.439 e. The van der Waals surface area contributed by atoms with E-state index >= 15 is 0 Å². The Kier molecular flexibility index (Phi) is 3.82. The molecule has 1 aromatic carbocycles. The van der Waals surface area contributed by atoms with E-state index in [1.807, 2.05) is 0 Å². The van der Waals surface area contributed by atoms with Crippen molar-refractivity contribution in [2.45, 2.75) is 5.88 Å². The molecule has 0 fully saturated rings. The maximum atomic E-state index is 13.2. The highest BCUT2D eigenvalue weighted by molar-refractivity contribution is 6.30. The van der Waals surface area contributed by atoms with Gasteiger partial charge in [-0.25, -0.2) is 9.37 Å². The molecule has 0 bridgehead atoms. The number of pyridine rings is 1. The van der Waals surface area contributed by atoms with E-state index in [1.54, 1.807) is 24.4 Å². The van der Waals surface area contributed by atoms with Gasteiger partial charge in [0.05, 0.1) is 5.02 Å². The van der Waals surface area contributed by atoms with Crippen molar-refractivity contribution in [3.05, 3.63) is 52.9 Å². The lowest BCUT2D eigenvalue weighted by atomic mass is 10.3. The van der Waals surface area contributed by atoms with Crippen molar-refractivity contribution in [2.75, 3.05) is 0 Å². The summed E-state index contributed by atoms with van der Waals surface area (Å²) in [6.45, 7) is 0. The van der Waals surface area contributed by atoms with Crippen LogP contribution in [0.3, 0.4) is 0 Å². The topological polar surface area (TPSA) is 22.1 Å². The first kappa shape index (κ1) is 12.1. The molecule has 0 unspecified atom stereocenters. The maximum absolute atomic E-state index is 13.2. The van der Waals surface area contributed by atoms with Crippen molar-refractivity contribution in [3.63, 3.8) is 0 Å². The van der Waals surface area contributed by atoms with Gasteiger partial charge in [0.1, 0.15) is 11.6 Å². The van der Waals surface area contributed by atoms with Crippen LogP contribution >= 0.6 is 23.2 Å². The molecule has 0 saturated heterocycles. The quantitative estimate of drug-likeness (QED) is 0.772. The summed E-state index contributed by atoms with van der Waals surface area (Å²) in [4.78, 5) is 4.03. The standard InChI is InChI=1S/C12H8Cl2FNO/c13-6-8-1-4-12(16-7-8)17-9-2-3-10(14)11(15)5-9/h1-5,7H,6H2. The van der Waals surface area contributed by atoms with E-state index in [9.17, 15) is 4.39 Å². The van der Waals surface area contributed by atoms with Crippen molar-refractivity contribution < 1.29 is 9.13 Å². The van der Waals surface area contributed by atoms with Gasteiger partial charge in [0.2, 0.25) is 5.88 Å². The van der Waals surface area contributed by atoms with Gasteiger partial charge in [-0.1, -0.05) is 17.7 Å². The zero-order chi connectivity index (χ0) is 12.3. The number of halogens is 3. The number of aromatic nitrogens is 1. The van der Waals surface area contributed by atoms with Crippen molar-refractivity contribution in [3.8, 4) is 11.6 Å². The number of nitrogens with zero attached hydrogens (tertiary/aromatic N) is 1. The van der Waals surface area contributed by atoms with E-state index in [-0.39, 0.29) is 5.02 Å². The third kappa shape index (κ3) is 3.08. The Morgan fingerprint density at radius 3 is 2.65 bits per heavy atom. The van der Waals surface area contributed by atoms with Gasteiger partial charge in [-0.3, -0.25) is 0 Å². The molecule has 2 aromatic rings. The van der Waals surface area contributed by atoms with Gasteiger partial charge in [-0.2, -0.15) is 0 Å². The van der Waals surface area contributed by atoms with E-state index in [0.717, 1.165) is 5.56 Å². The van der Waals surface area contributed by atoms with Crippen LogP contribution in [0, 0.1) is 5.82 Å². The minimum absolute atomic E-state index is 0.0581. The van der Waals surface area contributed by atoms with Crippen LogP contribution in [0.5, 0.6) is 11.6 Å². The van der Waals surface area contributed by atoms with Gasteiger partial charge in [0.15, 0.2) is 0 Å². The van der Waals surface area contributed by atoms with Gasteiger partial charge in [0, 0.05) is 24.2 Å². The predicted molar refractivity (Wildman–Crippen MR) is 65.3 cm³/mol. The SMILES string of the molecule is Fc1cc(Oc2ccc(CCl)cn2)ccc1Cl. The van der Waals surface area contributed by atoms with Crippen LogP contribution in [0.25, 0.3) is 0 Å². The smallest absolute Gasteiger partial charge is 0.219 e. The average molecular weight is 272 g/mol. The van der Waals surface area contributed by atoms with Crippen LogP contribution in [0.15, 0.2) is 36.5 Å². The molecule has 0 N–H and O–H groups in total. The fourth-order valence-corrected chi connectivity index (χ4v) is 1.49.